The first-order valence-electron chi connectivity index (χ1n) is 7.10. The van der Waals surface area contributed by atoms with Gasteiger partial charge >= 0.3 is 0 Å². The third-order valence-corrected chi connectivity index (χ3v) is 3.51. The summed E-state index contributed by atoms with van der Waals surface area (Å²) in [6.45, 7) is 5.16. The molecule has 2 heteroatoms. The molecule has 0 N–H and O–H groups in total. The van der Waals surface area contributed by atoms with Crippen LogP contribution in [0.2, 0.25) is 0 Å². The number of benzene rings is 2. The second-order valence-corrected chi connectivity index (χ2v) is 5.08. The molecule has 2 aromatic rings. The summed E-state index contributed by atoms with van der Waals surface area (Å²) in [5.41, 5.74) is 2.36. The van der Waals surface area contributed by atoms with E-state index in [0.29, 0.717) is 5.92 Å². The maximum atomic E-state index is 5.77. The van der Waals surface area contributed by atoms with Crippen molar-refractivity contribution in [1.82, 2.24) is 0 Å². The lowest BCUT2D eigenvalue weighted by molar-refractivity contribution is 0.256. The van der Waals surface area contributed by atoms with Gasteiger partial charge in [-0.25, -0.2) is 0 Å². The zero-order valence-corrected chi connectivity index (χ0v) is 12.4. The van der Waals surface area contributed by atoms with Gasteiger partial charge in [-0.3, -0.25) is 0 Å². The summed E-state index contributed by atoms with van der Waals surface area (Å²) in [6.07, 6.45) is 1.14. The lowest BCUT2D eigenvalue weighted by Gasteiger charge is -2.11. The number of ether oxygens (including phenoxy) is 2. The Hall–Kier alpha value is -1.96. The lowest BCUT2D eigenvalue weighted by Crippen LogP contribution is -2.06. The van der Waals surface area contributed by atoms with Crippen LogP contribution >= 0.6 is 0 Å². The molecular formula is C18H22O2. The molecule has 0 aliphatic carbocycles. The van der Waals surface area contributed by atoms with Crippen LogP contribution in [0, 0.1) is 5.92 Å². The van der Waals surface area contributed by atoms with Crippen molar-refractivity contribution in [2.75, 3.05) is 13.7 Å². The van der Waals surface area contributed by atoms with E-state index in [1.165, 1.54) is 11.1 Å². The van der Waals surface area contributed by atoms with Crippen LogP contribution in [0.15, 0.2) is 48.5 Å². The van der Waals surface area contributed by atoms with Crippen molar-refractivity contribution in [3.63, 3.8) is 0 Å². The summed E-state index contributed by atoms with van der Waals surface area (Å²) in [7, 11) is 1.68. The minimum absolute atomic E-state index is 0.594. The van der Waals surface area contributed by atoms with Crippen molar-refractivity contribution in [2.24, 2.45) is 5.92 Å². The maximum absolute atomic E-state index is 5.77. The Bertz CT molecular complexity index is 514. The molecular weight excluding hydrogens is 248 g/mol. The monoisotopic (exact) mass is 270 g/mol. The molecule has 0 amide bonds. The summed E-state index contributed by atoms with van der Waals surface area (Å²) >= 11 is 0. The highest BCUT2D eigenvalue weighted by atomic mass is 16.5. The SMILES string of the molecule is CC[C@H](C)COc1ccc(-c2ccc(OC)cc2)cc1. The van der Waals surface area contributed by atoms with Crippen LogP contribution < -0.4 is 9.47 Å². The number of hydrogen-bond acceptors (Lipinski definition) is 2. The largest absolute Gasteiger partial charge is 0.497 e. The zero-order valence-electron chi connectivity index (χ0n) is 12.4. The smallest absolute Gasteiger partial charge is 0.119 e. The van der Waals surface area contributed by atoms with Crippen molar-refractivity contribution in [3.05, 3.63) is 48.5 Å². The molecule has 0 spiro atoms. The summed E-state index contributed by atoms with van der Waals surface area (Å²) in [5.74, 6) is 2.40. The Balaban J connectivity index is 2.03. The zero-order chi connectivity index (χ0) is 14.4. The van der Waals surface area contributed by atoms with Crippen LogP contribution in [0.1, 0.15) is 20.3 Å². The second kappa shape index (κ2) is 6.99. The highest BCUT2D eigenvalue weighted by molar-refractivity contribution is 5.64. The quantitative estimate of drug-likeness (QED) is 0.751. The van der Waals surface area contributed by atoms with Gasteiger partial charge in [0.2, 0.25) is 0 Å². The molecule has 0 saturated carbocycles. The van der Waals surface area contributed by atoms with E-state index in [9.17, 15) is 0 Å². The number of methoxy groups -OCH3 is 1. The molecule has 0 fully saturated rings. The Morgan fingerprint density at radius 1 is 0.850 bits per heavy atom. The van der Waals surface area contributed by atoms with Gasteiger partial charge in [0.1, 0.15) is 11.5 Å². The van der Waals surface area contributed by atoms with Crippen LogP contribution in [-0.4, -0.2) is 13.7 Å². The molecule has 1 atom stereocenters. The minimum Gasteiger partial charge on any atom is -0.497 e. The van der Waals surface area contributed by atoms with Crippen LogP contribution in [0.3, 0.4) is 0 Å². The van der Waals surface area contributed by atoms with E-state index < -0.39 is 0 Å². The van der Waals surface area contributed by atoms with Crippen LogP contribution in [0.25, 0.3) is 11.1 Å². The molecule has 2 rings (SSSR count). The lowest BCUT2D eigenvalue weighted by atomic mass is 10.1. The number of rotatable bonds is 6. The highest BCUT2D eigenvalue weighted by Crippen LogP contribution is 2.24. The van der Waals surface area contributed by atoms with Gasteiger partial charge < -0.3 is 9.47 Å². The molecule has 106 valence electrons. The van der Waals surface area contributed by atoms with E-state index in [2.05, 4.69) is 38.1 Å². The van der Waals surface area contributed by atoms with Gasteiger partial charge in [-0.05, 0) is 41.3 Å². The van der Waals surface area contributed by atoms with E-state index >= 15 is 0 Å². The van der Waals surface area contributed by atoms with Gasteiger partial charge in [0.25, 0.3) is 0 Å². The van der Waals surface area contributed by atoms with Crippen LogP contribution in [0.5, 0.6) is 11.5 Å². The van der Waals surface area contributed by atoms with Crippen LogP contribution in [0.4, 0.5) is 0 Å². The summed E-state index contributed by atoms with van der Waals surface area (Å²) in [6, 6.07) is 16.3. The predicted octanol–water partition coefficient (Wildman–Crippen LogP) is 4.79. The Morgan fingerprint density at radius 3 is 1.80 bits per heavy atom. The van der Waals surface area contributed by atoms with Gasteiger partial charge in [0.15, 0.2) is 0 Å². The molecule has 0 saturated heterocycles. The molecule has 0 aliphatic heterocycles. The standard InChI is InChI=1S/C18H22O2/c1-4-14(2)13-20-18-11-7-16(8-12-18)15-5-9-17(19-3)10-6-15/h5-12,14H,4,13H2,1-3H3/t14-/m0/s1. The molecule has 20 heavy (non-hydrogen) atoms. The predicted molar refractivity (Wildman–Crippen MR) is 83.4 cm³/mol. The fourth-order valence-electron chi connectivity index (χ4n) is 1.88. The molecule has 0 bridgehead atoms. The van der Waals surface area contributed by atoms with Crippen molar-refractivity contribution >= 4 is 0 Å². The average molecular weight is 270 g/mol. The fraction of sp³-hybridized carbons (Fsp3) is 0.333. The van der Waals surface area contributed by atoms with Crippen molar-refractivity contribution in [1.29, 1.82) is 0 Å². The van der Waals surface area contributed by atoms with E-state index in [4.69, 9.17) is 9.47 Å². The summed E-state index contributed by atoms with van der Waals surface area (Å²) in [5, 5.41) is 0. The first kappa shape index (κ1) is 14.4. The van der Waals surface area contributed by atoms with Gasteiger partial charge in [0.05, 0.1) is 13.7 Å². The fourth-order valence-corrected chi connectivity index (χ4v) is 1.88. The maximum Gasteiger partial charge on any atom is 0.119 e. The summed E-state index contributed by atoms with van der Waals surface area (Å²) in [4.78, 5) is 0. The van der Waals surface area contributed by atoms with E-state index in [-0.39, 0.29) is 0 Å². The second-order valence-electron chi connectivity index (χ2n) is 5.08. The average Bonchev–Trinajstić information content (AvgIpc) is 2.53. The van der Waals surface area contributed by atoms with Gasteiger partial charge in [0, 0.05) is 0 Å². The summed E-state index contributed by atoms with van der Waals surface area (Å²) < 4.78 is 10.9. The van der Waals surface area contributed by atoms with Gasteiger partial charge in [-0.1, -0.05) is 44.5 Å². The molecule has 0 heterocycles. The molecule has 2 aromatic carbocycles. The Morgan fingerprint density at radius 2 is 1.35 bits per heavy atom. The van der Waals surface area contributed by atoms with Crippen molar-refractivity contribution in [2.45, 2.75) is 20.3 Å². The number of hydrogen-bond donors (Lipinski definition) is 0. The van der Waals surface area contributed by atoms with Crippen molar-refractivity contribution in [3.8, 4) is 22.6 Å². The third kappa shape index (κ3) is 3.77. The highest BCUT2D eigenvalue weighted by Gasteiger charge is 2.02. The van der Waals surface area contributed by atoms with Crippen LogP contribution in [-0.2, 0) is 0 Å². The molecule has 0 aliphatic rings. The Labute approximate surface area is 121 Å². The minimum atomic E-state index is 0.594. The molecule has 0 radical (unpaired) electrons. The topological polar surface area (TPSA) is 18.5 Å². The van der Waals surface area contributed by atoms with E-state index in [1.807, 2.05) is 24.3 Å². The molecule has 2 nitrogen and oxygen atoms in total. The van der Waals surface area contributed by atoms with E-state index in [1.54, 1.807) is 7.11 Å². The van der Waals surface area contributed by atoms with Gasteiger partial charge in [-0.15, -0.1) is 0 Å². The molecule has 0 unspecified atom stereocenters. The normalized spacial score (nSPS) is 11.9. The molecule has 0 aromatic heterocycles. The van der Waals surface area contributed by atoms with E-state index in [0.717, 1.165) is 24.5 Å². The first-order chi connectivity index (χ1) is 9.72. The Kier molecular flexibility index (Phi) is 5.05. The van der Waals surface area contributed by atoms with Gasteiger partial charge in [-0.2, -0.15) is 0 Å². The first-order valence-corrected chi connectivity index (χ1v) is 7.10. The third-order valence-electron chi connectivity index (χ3n) is 3.51. The van der Waals surface area contributed by atoms with Crippen molar-refractivity contribution < 1.29 is 9.47 Å².